The van der Waals surface area contributed by atoms with Gasteiger partial charge in [0, 0.05) is 11.1 Å². The minimum Gasteiger partial charge on any atom is -0.486 e. The monoisotopic (exact) mass is 277 g/mol. The van der Waals surface area contributed by atoms with Gasteiger partial charge >= 0.3 is 0 Å². The van der Waals surface area contributed by atoms with Crippen LogP contribution in [-0.4, -0.2) is 13.2 Å². The molecule has 1 aliphatic heterocycles. The lowest BCUT2D eigenvalue weighted by Crippen LogP contribution is -2.21. The van der Waals surface area contributed by atoms with E-state index in [9.17, 15) is 8.78 Å². The summed E-state index contributed by atoms with van der Waals surface area (Å²) in [6.45, 7) is 0.830. The maximum absolute atomic E-state index is 13.8. The van der Waals surface area contributed by atoms with Crippen LogP contribution in [0.15, 0.2) is 36.4 Å². The zero-order chi connectivity index (χ0) is 14.1. The van der Waals surface area contributed by atoms with Gasteiger partial charge in [-0.2, -0.15) is 0 Å². The van der Waals surface area contributed by atoms with Gasteiger partial charge in [0.05, 0.1) is 6.04 Å². The first-order chi connectivity index (χ1) is 9.68. The molecule has 0 saturated carbocycles. The average Bonchev–Trinajstić information content (AvgIpc) is 2.46. The fraction of sp³-hybridized carbons (Fsp3) is 0.200. The maximum atomic E-state index is 13.8. The summed E-state index contributed by atoms with van der Waals surface area (Å²) in [6.07, 6.45) is 0. The number of fused-ring (bicyclic) bond motifs is 1. The zero-order valence-corrected chi connectivity index (χ0v) is 10.6. The molecule has 0 amide bonds. The van der Waals surface area contributed by atoms with Gasteiger partial charge < -0.3 is 15.2 Å². The molecule has 3 rings (SSSR count). The van der Waals surface area contributed by atoms with Gasteiger partial charge in [-0.15, -0.1) is 0 Å². The number of nitrogens with two attached hydrogens (primary N) is 1. The minimum absolute atomic E-state index is 0.171. The molecule has 1 aliphatic rings. The summed E-state index contributed by atoms with van der Waals surface area (Å²) in [5.41, 5.74) is 6.36. The Balaban J connectivity index is 2.09. The van der Waals surface area contributed by atoms with E-state index in [4.69, 9.17) is 15.2 Å². The first kappa shape index (κ1) is 12.9. The molecule has 1 unspecified atom stereocenters. The molecule has 20 heavy (non-hydrogen) atoms. The lowest BCUT2D eigenvalue weighted by atomic mass is 9.97. The average molecular weight is 277 g/mol. The molecular weight excluding hydrogens is 264 g/mol. The molecule has 0 spiro atoms. The van der Waals surface area contributed by atoms with Crippen LogP contribution in [0.1, 0.15) is 17.2 Å². The second-order valence-electron chi connectivity index (χ2n) is 4.48. The predicted molar refractivity (Wildman–Crippen MR) is 69.8 cm³/mol. The van der Waals surface area contributed by atoms with Crippen LogP contribution in [0, 0.1) is 11.6 Å². The molecule has 2 N–H and O–H groups in total. The van der Waals surface area contributed by atoms with Crippen LogP contribution in [0.5, 0.6) is 11.5 Å². The van der Waals surface area contributed by atoms with Gasteiger partial charge in [-0.25, -0.2) is 8.78 Å². The number of hydrogen-bond acceptors (Lipinski definition) is 3. The molecule has 0 fully saturated rings. The molecule has 0 aromatic heterocycles. The fourth-order valence-electron chi connectivity index (χ4n) is 2.30. The second kappa shape index (κ2) is 5.09. The number of halogens is 2. The Bertz CT molecular complexity index is 626. The van der Waals surface area contributed by atoms with Crippen molar-refractivity contribution in [3.05, 3.63) is 59.2 Å². The predicted octanol–water partition coefficient (Wildman–Crippen LogP) is 2.78. The Morgan fingerprint density at radius 2 is 1.60 bits per heavy atom. The molecular formula is C15H13F2NO2. The van der Waals surface area contributed by atoms with Crippen molar-refractivity contribution in [2.75, 3.05) is 13.2 Å². The highest BCUT2D eigenvalue weighted by atomic mass is 19.1. The van der Waals surface area contributed by atoms with E-state index in [1.54, 1.807) is 18.2 Å². The van der Waals surface area contributed by atoms with E-state index in [1.807, 2.05) is 0 Å². The van der Waals surface area contributed by atoms with Crippen LogP contribution in [0.4, 0.5) is 8.78 Å². The third kappa shape index (κ3) is 2.10. The summed E-state index contributed by atoms with van der Waals surface area (Å²) in [5, 5.41) is 0. The standard InChI is InChI=1S/C15H13F2NO2/c16-10-4-2-5-11(17)13(10)14(18)9-3-1-6-12-15(9)20-8-7-19-12/h1-6,14H,7-8,18H2. The molecule has 1 heterocycles. The van der Waals surface area contributed by atoms with Crippen molar-refractivity contribution in [1.29, 1.82) is 0 Å². The molecule has 5 heteroatoms. The van der Waals surface area contributed by atoms with Gasteiger partial charge in [0.2, 0.25) is 0 Å². The highest BCUT2D eigenvalue weighted by Gasteiger charge is 2.24. The fourth-order valence-corrected chi connectivity index (χ4v) is 2.30. The topological polar surface area (TPSA) is 44.5 Å². The van der Waals surface area contributed by atoms with E-state index >= 15 is 0 Å². The third-order valence-corrected chi connectivity index (χ3v) is 3.24. The number of hydrogen-bond donors (Lipinski definition) is 1. The SMILES string of the molecule is NC(c1cccc2c1OCCO2)c1c(F)cccc1F. The largest absolute Gasteiger partial charge is 0.486 e. The maximum Gasteiger partial charge on any atom is 0.166 e. The van der Waals surface area contributed by atoms with Crippen molar-refractivity contribution in [1.82, 2.24) is 0 Å². The quantitative estimate of drug-likeness (QED) is 0.918. The van der Waals surface area contributed by atoms with Crippen LogP contribution in [0.3, 0.4) is 0 Å². The molecule has 0 aliphatic carbocycles. The van der Waals surface area contributed by atoms with Crippen molar-refractivity contribution in [3.63, 3.8) is 0 Å². The summed E-state index contributed by atoms with van der Waals surface area (Å²) in [6, 6.07) is 7.87. The lowest BCUT2D eigenvalue weighted by Gasteiger charge is -2.24. The van der Waals surface area contributed by atoms with E-state index in [-0.39, 0.29) is 5.56 Å². The first-order valence-corrected chi connectivity index (χ1v) is 6.26. The van der Waals surface area contributed by atoms with Crippen molar-refractivity contribution < 1.29 is 18.3 Å². The molecule has 3 nitrogen and oxygen atoms in total. The van der Waals surface area contributed by atoms with Crippen LogP contribution >= 0.6 is 0 Å². The molecule has 2 aromatic rings. The Labute approximate surface area is 114 Å². The Hall–Kier alpha value is -2.14. The van der Waals surface area contributed by atoms with Gasteiger partial charge in [0.15, 0.2) is 11.5 Å². The van der Waals surface area contributed by atoms with E-state index in [2.05, 4.69) is 0 Å². The smallest absolute Gasteiger partial charge is 0.166 e. The van der Waals surface area contributed by atoms with Crippen molar-refractivity contribution in [2.45, 2.75) is 6.04 Å². The van der Waals surface area contributed by atoms with Gasteiger partial charge in [-0.1, -0.05) is 18.2 Å². The summed E-state index contributed by atoms with van der Waals surface area (Å²) >= 11 is 0. The van der Waals surface area contributed by atoms with Gasteiger partial charge in [-0.05, 0) is 18.2 Å². The van der Waals surface area contributed by atoms with Crippen molar-refractivity contribution >= 4 is 0 Å². The first-order valence-electron chi connectivity index (χ1n) is 6.26. The molecule has 0 radical (unpaired) electrons. The number of benzene rings is 2. The van der Waals surface area contributed by atoms with Crippen molar-refractivity contribution in [3.8, 4) is 11.5 Å². The molecule has 0 bridgehead atoms. The number of ether oxygens (including phenoxy) is 2. The van der Waals surface area contributed by atoms with Gasteiger partial charge in [-0.3, -0.25) is 0 Å². The van der Waals surface area contributed by atoms with Crippen molar-refractivity contribution in [2.24, 2.45) is 5.73 Å². The number of rotatable bonds is 2. The highest BCUT2D eigenvalue weighted by Crippen LogP contribution is 2.39. The van der Waals surface area contributed by atoms with E-state index in [0.717, 1.165) is 0 Å². The molecule has 0 saturated heterocycles. The van der Waals surface area contributed by atoms with E-state index < -0.39 is 17.7 Å². The Morgan fingerprint density at radius 1 is 0.950 bits per heavy atom. The minimum atomic E-state index is -0.951. The van der Waals surface area contributed by atoms with Crippen LogP contribution in [0.25, 0.3) is 0 Å². The lowest BCUT2D eigenvalue weighted by molar-refractivity contribution is 0.169. The third-order valence-electron chi connectivity index (χ3n) is 3.24. The Kier molecular flexibility index (Phi) is 3.28. The second-order valence-corrected chi connectivity index (χ2v) is 4.48. The van der Waals surface area contributed by atoms with Crippen LogP contribution in [-0.2, 0) is 0 Å². The molecule has 1 atom stereocenters. The molecule has 104 valence electrons. The van der Waals surface area contributed by atoms with E-state index in [0.29, 0.717) is 30.3 Å². The normalized spacial score (nSPS) is 14.9. The summed E-state index contributed by atoms with van der Waals surface area (Å²) in [5.74, 6) is -0.353. The molecule has 2 aromatic carbocycles. The van der Waals surface area contributed by atoms with Gasteiger partial charge in [0.25, 0.3) is 0 Å². The van der Waals surface area contributed by atoms with Gasteiger partial charge in [0.1, 0.15) is 24.8 Å². The summed E-state index contributed by atoms with van der Waals surface area (Å²) in [7, 11) is 0. The Morgan fingerprint density at radius 3 is 2.35 bits per heavy atom. The van der Waals surface area contributed by atoms with Crippen LogP contribution < -0.4 is 15.2 Å². The van der Waals surface area contributed by atoms with E-state index in [1.165, 1.54) is 18.2 Å². The summed E-state index contributed by atoms with van der Waals surface area (Å²) < 4.78 is 38.6. The zero-order valence-electron chi connectivity index (χ0n) is 10.6. The highest BCUT2D eigenvalue weighted by molar-refractivity contribution is 5.51. The summed E-state index contributed by atoms with van der Waals surface area (Å²) in [4.78, 5) is 0. The number of para-hydroxylation sites is 1. The van der Waals surface area contributed by atoms with Crippen LogP contribution in [0.2, 0.25) is 0 Å².